The zero-order valence-electron chi connectivity index (χ0n) is 12.1. The van der Waals surface area contributed by atoms with Crippen molar-refractivity contribution in [2.75, 3.05) is 6.54 Å². The van der Waals surface area contributed by atoms with E-state index in [-0.39, 0.29) is 0 Å². The van der Waals surface area contributed by atoms with Crippen molar-refractivity contribution >= 4 is 0 Å². The molecular formula is C16H23N3. The molecule has 1 unspecified atom stereocenters. The Hall–Kier alpha value is -1.61. The van der Waals surface area contributed by atoms with E-state index in [1.54, 1.807) is 0 Å². The number of rotatable bonds is 6. The molecule has 0 aliphatic rings. The molecule has 0 bridgehead atoms. The molecule has 0 spiro atoms. The molecule has 102 valence electrons. The van der Waals surface area contributed by atoms with Gasteiger partial charge in [-0.2, -0.15) is 5.10 Å². The summed E-state index contributed by atoms with van der Waals surface area (Å²) >= 11 is 0. The quantitative estimate of drug-likeness (QED) is 0.856. The Morgan fingerprint density at radius 2 is 2.05 bits per heavy atom. The van der Waals surface area contributed by atoms with Gasteiger partial charge >= 0.3 is 0 Å². The van der Waals surface area contributed by atoms with E-state index < -0.39 is 0 Å². The molecule has 1 atom stereocenters. The lowest BCUT2D eigenvalue weighted by Gasteiger charge is -2.17. The number of nitrogens with zero attached hydrogens (tertiary/aromatic N) is 2. The topological polar surface area (TPSA) is 29.9 Å². The SMILES string of the molecule is CCNC(CC)c1cccc(-c2ccnn2CC)c1. The lowest BCUT2D eigenvalue weighted by atomic mass is 10.0. The van der Waals surface area contributed by atoms with E-state index in [4.69, 9.17) is 0 Å². The fraction of sp³-hybridized carbons (Fsp3) is 0.438. The molecule has 1 heterocycles. The number of hydrogen-bond donors (Lipinski definition) is 1. The number of aromatic nitrogens is 2. The lowest BCUT2D eigenvalue weighted by Crippen LogP contribution is -2.20. The molecule has 19 heavy (non-hydrogen) atoms. The Bertz CT molecular complexity index is 516. The monoisotopic (exact) mass is 257 g/mol. The minimum Gasteiger partial charge on any atom is -0.310 e. The maximum Gasteiger partial charge on any atom is 0.0682 e. The lowest BCUT2D eigenvalue weighted by molar-refractivity contribution is 0.537. The van der Waals surface area contributed by atoms with Gasteiger partial charge in [-0.1, -0.05) is 32.0 Å². The molecule has 0 fully saturated rings. The summed E-state index contributed by atoms with van der Waals surface area (Å²) in [7, 11) is 0. The van der Waals surface area contributed by atoms with Crippen LogP contribution in [0.2, 0.25) is 0 Å². The van der Waals surface area contributed by atoms with E-state index in [1.807, 2.05) is 10.9 Å². The second-order valence-electron chi connectivity index (χ2n) is 4.68. The first-order valence-corrected chi connectivity index (χ1v) is 7.15. The minimum atomic E-state index is 0.433. The van der Waals surface area contributed by atoms with Gasteiger partial charge in [0.15, 0.2) is 0 Å². The minimum absolute atomic E-state index is 0.433. The number of benzene rings is 1. The van der Waals surface area contributed by atoms with Crippen molar-refractivity contribution in [2.24, 2.45) is 0 Å². The van der Waals surface area contributed by atoms with Gasteiger partial charge in [0.2, 0.25) is 0 Å². The van der Waals surface area contributed by atoms with Gasteiger partial charge in [0.25, 0.3) is 0 Å². The van der Waals surface area contributed by atoms with Crippen molar-refractivity contribution in [3.05, 3.63) is 42.1 Å². The molecule has 3 nitrogen and oxygen atoms in total. The van der Waals surface area contributed by atoms with Gasteiger partial charge in [-0.05, 0) is 37.6 Å². The van der Waals surface area contributed by atoms with Gasteiger partial charge in [-0.25, -0.2) is 0 Å². The Kier molecular flexibility index (Phi) is 4.74. The summed E-state index contributed by atoms with van der Waals surface area (Å²) in [5.41, 5.74) is 3.79. The van der Waals surface area contributed by atoms with E-state index >= 15 is 0 Å². The van der Waals surface area contributed by atoms with Crippen LogP contribution in [0.1, 0.15) is 38.8 Å². The maximum atomic E-state index is 4.34. The smallest absolute Gasteiger partial charge is 0.0682 e. The van der Waals surface area contributed by atoms with Crippen molar-refractivity contribution in [1.82, 2.24) is 15.1 Å². The summed E-state index contributed by atoms with van der Waals surface area (Å²) in [6, 6.07) is 11.3. The Morgan fingerprint density at radius 1 is 1.21 bits per heavy atom. The number of hydrogen-bond acceptors (Lipinski definition) is 2. The van der Waals surface area contributed by atoms with Gasteiger partial charge in [0.1, 0.15) is 0 Å². The summed E-state index contributed by atoms with van der Waals surface area (Å²) in [5.74, 6) is 0. The standard InChI is InChI=1S/C16H23N3/c1-4-15(17-5-2)13-8-7-9-14(12-13)16-10-11-18-19(16)6-3/h7-12,15,17H,4-6H2,1-3H3. The molecule has 1 aromatic carbocycles. The highest BCUT2D eigenvalue weighted by molar-refractivity contribution is 5.60. The van der Waals surface area contributed by atoms with Crippen molar-refractivity contribution in [2.45, 2.75) is 39.8 Å². The van der Waals surface area contributed by atoms with Crippen molar-refractivity contribution in [3.63, 3.8) is 0 Å². The highest BCUT2D eigenvalue weighted by Crippen LogP contribution is 2.24. The molecule has 0 saturated carbocycles. The van der Waals surface area contributed by atoms with Crippen molar-refractivity contribution in [1.29, 1.82) is 0 Å². The van der Waals surface area contributed by atoms with E-state index in [9.17, 15) is 0 Å². The average Bonchev–Trinajstić information content (AvgIpc) is 2.93. The molecule has 0 aliphatic carbocycles. The average molecular weight is 257 g/mol. The molecular weight excluding hydrogens is 234 g/mol. The predicted octanol–water partition coefficient (Wildman–Crippen LogP) is 3.63. The zero-order chi connectivity index (χ0) is 13.7. The van der Waals surface area contributed by atoms with Crippen LogP contribution < -0.4 is 5.32 Å². The molecule has 1 aromatic heterocycles. The first kappa shape index (κ1) is 13.8. The second kappa shape index (κ2) is 6.53. The van der Waals surface area contributed by atoms with Crippen LogP contribution in [-0.2, 0) is 6.54 Å². The van der Waals surface area contributed by atoms with E-state index in [0.29, 0.717) is 6.04 Å². The Labute approximate surface area is 115 Å². The molecule has 3 heteroatoms. The van der Waals surface area contributed by atoms with Crippen LogP contribution in [-0.4, -0.2) is 16.3 Å². The molecule has 2 aromatic rings. The van der Waals surface area contributed by atoms with Gasteiger partial charge < -0.3 is 5.32 Å². The Balaban J connectivity index is 2.33. The zero-order valence-corrected chi connectivity index (χ0v) is 12.1. The second-order valence-corrected chi connectivity index (χ2v) is 4.68. The Morgan fingerprint density at radius 3 is 2.74 bits per heavy atom. The summed E-state index contributed by atoms with van der Waals surface area (Å²) in [5, 5.41) is 7.87. The molecule has 2 rings (SSSR count). The summed E-state index contributed by atoms with van der Waals surface area (Å²) in [4.78, 5) is 0. The summed E-state index contributed by atoms with van der Waals surface area (Å²) in [6.07, 6.45) is 2.97. The molecule has 1 N–H and O–H groups in total. The van der Waals surface area contributed by atoms with E-state index in [0.717, 1.165) is 19.5 Å². The fourth-order valence-corrected chi connectivity index (χ4v) is 2.49. The molecule has 0 aliphatic heterocycles. The third kappa shape index (κ3) is 3.04. The molecule has 0 saturated heterocycles. The molecule has 0 amide bonds. The van der Waals surface area contributed by atoms with Crippen LogP contribution in [0, 0.1) is 0 Å². The molecule has 0 radical (unpaired) electrons. The normalized spacial score (nSPS) is 12.6. The summed E-state index contributed by atoms with van der Waals surface area (Å²) < 4.78 is 2.04. The van der Waals surface area contributed by atoms with Crippen LogP contribution in [0.15, 0.2) is 36.5 Å². The highest BCUT2D eigenvalue weighted by Gasteiger charge is 2.10. The maximum absolute atomic E-state index is 4.34. The third-order valence-electron chi connectivity index (χ3n) is 3.46. The van der Waals surface area contributed by atoms with Crippen molar-refractivity contribution < 1.29 is 0 Å². The van der Waals surface area contributed by atoms with Gasteiger partial charge in [0.05, 0.1) is 5.69 Å². The largest absolute Gasteiger partial charge is 0.310 e. The van der Waals surface area contributed by atoms with Crippen LogP contribution in [0.25, 0.3) is 11.3 Å². The van der Waals surface area contributed by atoms with Crippen LogP contribution >= 0.6 is 0 Å². The van der Waals surface area contributed by atoms with Crippen molar-refractivity contribution in [3.8, 4) is 11.3 Å². The van der Waals surface area contributed by atoms with Crippen LogP contribution in [0.3, 0.4) is 0 Å². The first-order chi connectivity index (χ1) is 9.30. The van der Waals surface area contributed by atoms with E-state index in [1.165, 1.54) is 16.8 Å². The van der Waals surface area contributed by atoms with Crippen LogP contribution in [0.4, 0.5) is 0 Å². The third-order valence-corrected chi connectivity index (χ3v) is 3.46. The summed E-state index contributed by atoms with van der Waals surface area (Å²) in [6.45, 7) is 8.38. The predicted molar refractivity (Wildman–Crippen MR) is 80.0 cm³/mol. The van der Waals surface area contributed by atoms with Crippen LogP contribution in [0.5, 0.6) is 0 Å². The first-order valence-electron chi connectivity index (χ1n) is 7.15. The highest BCUT2D eigenvalue weighted by atomic mass is 15.3. The van der Waals surface area contributed by atoms with Gasteiger partial charge in [-0.3, -0.25) is 4.68 Å². The van der Waals surface area contributed by atoms with E-state index in [2.05, 4.69) is 61.5 Å². The number of aryl methyl sites for hydroxylation is 1. The van der Waals surface area contributed by atoms with Gasteiger partial charge in [-0.15, -0.1) is 0 Å². The fourth-order valence-electron chi connectivity index (χ4n) is 2.49. The number of nitrogens with one attached hydrogen (secondary N) is 1. The van der Waals surface area contributed by atoms with Gasteiger partial charge in [0, 0.05) is 24.3 Å².